The molecule has 2 rings (SSSR count). The average Bonchev–Trinajstić information content (AvgIpc) is 2.95. The first-order valence-electron chi connectivity index (χ1n) is 7.82. The number of carbonyl (C=O) groups excluding carboxylic acids is 2. The van der Waals surface area contributed by atoms with Crippen LogP contribution in [-0.2, 0) is 9.53 Å². The number of aromatic nitrogens is 3. The second-order valence-electron chi connectivity index (χ2n) is 5.45. The van der Waals surface area contributed by atoms with E-state index < -0.39 is 42.8 Å². The lowest BCUT2D eigenvalue weighted by Gasteiger charge is -2.21. The number of esters is 1. The lowest BCUT2D eigenvalue weighted by atomic mass is 10.3. The van der Waals surface area contributed by atoms with Gasteiger partial charge in [0.05, 0.1) is 12.3 Å². The lowest BCUT2D eigenvalue weighted by Crippen LogP contribution is -2.43. The zero-order chi connectivity index (χ0) is 20.2. The molecule has 7 nitrogen and oxygen atoms in total. The summed E-state index contributed by atoms with van der Waals surface area (Å²) in [5.74, 6) is -2.97. The van der Waals surface area contributed by atoms with E-state index in [4.69, 9.17) is 0 Å². The van der Waals surface area contributed by atoms with E-state index in [-0.39, 0.29) is 17.3 Å². The molecule has 0 aliphatic carbocycles. The van der Waals surface area contributed by atoms with Gasteiger partial charge in [-0.2, -0.15) is 13.2 Å². The van der Waals surface area contributed by atoms with E-state index >= 15 is 0 Å². The van der Waals surface area contributed by atoms with E-state index in [9.17, 15) is 27.2 Å². The van der Waals surface area contributed by atoms with Gasteiger partial charge in [-0.25, -0.2) is 14.1 Å². The van der Waals surface area contributed by atoms with Gasteiger partial charge in [0.15, 0.2) is 0 Å². The Kier molecular flexibility index (Phi) is 6.13. The van der Waals surface area contributed by atoms with Crippen LogP contribution in [0.3, 0.4) is 0 Å². The van der Waals surface area contributed by atoms with Crippen molar-refractivity contribution in [3.63, 3.8) is 0 Å². The van der Waals surface area contributed by atoms with Crippen molar-refractivity contribution >= 4 is 11.9 Å². The summed E-state index contributed by atoms with van der Waals surface area (Å²) in [5.41, 5.74) is 0.369. The first-order chi connectivity index (χ1) is 12.6. The summed E-state index contributed by atoms with van der Waals surface area (Å²) in [6.45, 7) is 0.379. The summed E-state index contributed by atoms with van der Waals surface area (Å²) in [5, 5.41) is 3.89. The maximum atomic E-state index is 13.0. The highest BCUT2D eigenvalue weighted by molar-refractivity contribution is 5.92. The fraction of sp³-hybridized carbons (Fsp3) is 0.375. The van der Waals surface area contributed by atoms with Gasteiger partial charge in [0.1, 0.15) is 24.7 Å². The summed E-state index contributed by atoms with van der Waals surface area (Å²) in [7, 11) is 0. The predicted octanol–water partition coefficient (Wildman–Crippen LogP) is 2.28. The minimum atomic E-state index is -4.73. The Bertz CT molecular complexity index is 818. The quantitative estimate of drug-likeness (QED) is 0.561. The Morgan fingerprint density at radius 3 is 2.41 bits per heavy atom. The molecule has 0 saturated carbocycles. The number of hydrogen-bond acceptors (Lipinski definition) is 5. The molecule has 1 heterocycles. The van der Waals surface area contributed by atoms with Crippen LogP contribution in [0.15, 0.2) is 24.3 Å². The molecule has 2 aromatic rings. The van der Waals surface area contributed by atoms with Gasteiger partial charge in [-0.05, 0) is 38.1 Å². The van der Waals surface area contributed by atoms with Crippen LogP contribution in [0, 0.1) is 12.7 Å². The van der Waals surface area contributed by atoms with Crippen LogP contribution >= 0.6 is 0 Å². The monoisotopic (exact) mass is 388 g/mol. The Morgan fingerprint density at radius 1 is 1.22 bits per heavy atom. The number of rotatable bonds is 6. The van der Waals surface area contributed by atoms with Crippen molar-refractivity contribution in [3.05, 3.63) is 41.7 Å². The van der Waals surface area contributed by atoms with Crippen molar-refractivity contribution in [1.82, 2.24) is 19.7 Å². The second-order valence-corrected chi connectivity index (χ2v) is 5.45. The van der Waals surface area contributed by atoms with Crippen LogP contribution in [0.5, 0.6) is 0 Å². The molecule has 0 aliphatic heterocycles. The van der Waals surface area contributed by atoms with Crippen molar-refractivity contribution in [2.24, 2.45) is 0 Å². The maximum Gasteiger partial charge on any atom is 0.406 e. The van der Waals surface area contributed by atoms with Crippen LogP contribution in [0.4, 0.5) is 17.6 Å². The summed E-state index contributed by atoms with van der Waals surface area (Å²) in [4.78, 5) is 28.1. The fourth-order valence-corrected chi connectivity index (χ4v) is 2.23. The van der Waals surface area contributed by atoms with Gasteiger partial charge in [-0.1, -0.05) is 0 Å². The average molecular weight is 388 g/mol. The molecule has 0 spiro atoms. The zero-order valence-corrected chi connectivity index (χ0v) is 14.5. The van der Waals surface area contributed by atoms with Gasteiger partial charge in [-0.3, -0.25) is 9.59 Å². The molecule has 0 aliphatic rings. The highest BCUT2D eigenvalue weighted by atomic mass is 19.4. The molecule has 0 fully saturated rings. The van der Waals surface area contributed by atoms with Gasteiger partial charge < -0.3 is 9.64 Å². The summed E-state index contributed by atoms with van der Waals surface area (Å²) >= 11 is 0. The summed E-state index contributed by atoms with van der Waals surface area (Å²) < 4.78 is 57.1. The number of carbonyl (C=O) groups is 2. The van der Waals surface area contributed by atoms with Crippen LogP contribution < -0.4 is 0 Å². The first-order valence-corrected chi connectivity index (χ1v) is 7.82. The number of benzene rings is 1. The Balaban J connectivity index is 2.30. The van der Waals surface area contributed by atoms with Gasteiger partial charge in [-0.15, -0.1) is 5.10 Å². The van der Waals surface area contributed by atoms with Crippen LogP contribution in [0.1, 0.15) is 23.4 Å². The molecule has 0 radical (unpaired) electrons. The molecule has 1 amide bonds. The van der Waals surface area contributed by atoms with Crippen molar-refractivity contribution in [1.29, 1.82) is 0 Å². The van der Waals surface area contributed by atoms with Gasteiger partial charge in [0, 0.05) is 0 Å². The number of ether oxygens (including phenoxy) is 1. The minimum Gasteiger partial charge on any atom is -0.465 e. The highest BCUT2D eigenvalue weighted by Crippen LogP contribution is 2.18. The molecule has 11 heteroatoms. The summed E-state index contributed by atoms with van der Waals surface area (Å²) in [6, 6.07) is 5.07. The zero-order valence-electron chi connectivity index (χ0n) is 14.5. The smallest absolute Gasteiger partial charge is 0.406 e. The van der Waals surface area contributed by atoms with Crippen molar-refractivity contribution in [3.8, 4) is 5.69 Å². The van der Waals surface area contributed by atoms with E-state index in [1.807, 2.05) is 0 Å². The third-order valence-corrected chi connectivity index (χ3v) is 3.31. The summed E-state index contributed by atoms with van der Waals surface area (Å²) in [6.07, 6.45) is -4.73. The van der Waals surface area contributed by atoms with E-state index in [1.54, 1.807) is 0 Å². The third kappa shape index (κ3) is 5.50. The van der Waals surface area contributed by atoms with Crippen LogP contribution in [0.25, 0.3) is 5.69 Å². The van der Waals surface area contributed by atoms with Gasteiger partial charge >= 0.3 is 12.1 Å². The second kappa shape index (κ2) is 8.14. The normalized spacial score (nSPS) is 11.3. The standard InChI is InChI=1S/C16H16F4N4O3/c1-3-27-13(25)8-23(9-16(18,19)20)15(26)14-21-10(2)24(22-14)12-6-4-11(17)5-7-12/h4-7H,3,8-9H2,1-2H3. The Morgan fingerprint density at radius 2 is 1.85 bits per heavy atom. The predicted molar refractivity (Wildman–Crippen MR) is 84.6 cm³/mol. The number of amides is 1. The van der Waals surface area contributed by atoms with Crippen molar-refractivity contribution < 1.29 is 31.9 Å². The minimum absolute atomic E-state index is 0.0383. The van der Waals surface area contributed by atoms with Crippen LogP contribution in [-0.4, -0.2) is 57.4 Å². The first kappa shape index (κ1) is 20.3. The molecule has 0 N–H and O–H groups in total. The SMILES string of the molecule is CCOC(=O)CN(CC(F)(F)F)C(=O)c1nc(C)n(-c2ccc(F)cc2)n1. The number of halogens is 4. The molecule has 146 valence electrons. The largest absolute Gasteiger partial charge is 0.465 e. The topological polar surface area (TPSA) is 77.3 Å². The van der Waals surface area contributed by atoms with Crippen LogP contribution in [0.2, 0.25) is 0 Å². The molecule has 0 saturated heterocycles. The number of nitrogens with zero attached hydrogens (tertiary/aromatic N) is 4. The molecule has 1 aromatic heterocycles. The van der Waals surface area contributed by atoms with E-state index in [0.717, 1.165) is 12.1 Å². The lowest BCUT2D eigenvalue weighted by molar-refractivity contribution is -0.153. The third-order valence-electron chi connectivity index (χ3n) is 3.31. The van der Waals surface area contributed by atoms with Crippen molar-refractivity contribution in [2.75, 3.05) is 19.7 Å². The van der Waals surface area contributed by atoms with E-state index in [1.165, 1.54) is 30.7 Å². The Labute approximate surface area is 151 Å². The van der Waals surface area contributed by atoms with Crippen molar-refractivity contribution in [2.45, 2.75) is 20.0 Å². The van der Waals surface area contributed by atoms with E-state index in [0.29, 0.717) is 5.69 Å². The molecule has 0 atom stereocenters. The molecule has 0 unspecified atom stereocenters. The molecule has 0 bridgehead atoms. The van der Waals surface area contributed by atoms with Gasteiger partial charge in [0.25, 0.3) is 5.91 Å². The molecular weight excluding hydrogens is 372 g/mol. The number of aryl methyl sites for hydroxylation is 1. The number of alkyl halides is 3. The van der Waals surface area contributed by atoms with Gasteiger partial charge in [0.2, 0.25) is 5.82 Å². The van der Waals surface area contributed by atoms with E-state index in [2.05, 4.69) is 14.8 Å². The maximum absolute atomic E-state index is 13.0. The Hall–Kier alpha value is -2.98. The molecule has 27 heavy (non-hydrogen) atoms. The highest BCUT2D eigenvalue weighted by Gasteiger charge is 2.36. The fourth-order valence-electron chi connectivity index (χ4n) is 2.23. The number of hydrogen-bond donors (Lipinski definition) is 0. The molecular formula is C16H16F4N4O3. The molecule has 1 aromatic carbocycles.